The molecule has 124 valence electrons. The summed E-state index contributed by atoms with van der Waals surface area (Å²) in [5.74, 6) is -0.274. The number of carbonyl (C=O) groups excluding carboxylic acids is 1. The van der Waals surface area contributed by atoms with E-state index >= 15 is 0 Å². The highest BCUT2D eigenvalue weighted by atomic mass is 79.9. The highest BCUT2D eigenvalue weighted by molar-refractivity contribution is 9.10. The van der Waals surface area contributed by atoms with Crippen LogP contribution in [0.4, 0.5) is 0 Å². The van der Waals surface area contributed by atoms with E-state index in [2.05, 4.69) is 40.3 Å². The third kappa shape index (κ3) is 5.98. The summed E-state index contributed by atoms with van der Waals surface area (Å²) in [6.07, 6.45) is 0. The highest BCUT2D eigenvalue weighted by Gasteiger charge is 2.08. The van der Waals surface area contributed by atoms with E-state index in [0.717, 1.165) is 10.0 Å². The number of benzene rings is 2. The van der Waals surface area contributed by atoms with Crippen LogP contribution in [0.1, 0.15) is 41.4 Å². The fraction of sp³-hybridized carbons (Fsp3) is 0.278. The summed E-state index contributed by atoms with van der Waals surface area (Å²) in [4.78, 5) is 11.7. The Morgan fingerprint density at radius 3 is 2.65 bits per heavy atom. The molecule has 2 aromatic rings. The second-order valence-electron chi connectivity index (χ2n) is 5.08. The van der Waals surface area contributed by atoms with E-state index in [0.29, 0.717) is 18.7 Å². The Morgan fingerprint density at radius 2 is 1.96 bits per heavy atom. The SMILES string of the molecule is CCOC(=O)c1cccc(CN[C@@H](C)c2cccc(Br)c2)c1.Cl. The molecule has 0 amide bonds. The van der Waals surface area contributed by atoms with Gasteiger partial charge in [-0.2, -0.15) is 0 Å². The fourth-order valence-electron chi connectivity index (χ4n) is 2.19. The molecule has 0 bridgehead atoms. The Bertz CT molecular complexity index is 648. The van der Waals surface area contributed by atoms with Gasteiger partial charge in [0, 0.05) is 17.1 Å². The molecule has 2 aromatic carbocycles. The number of nitrogens with one attached hydrogen (secondary N) is 1. The maximum absolute atomic E-state index is 11.7. The normalized spacial score (nSPS) is 11.4. The molecule has 0 spiro atoms. The van der Waals surface area contributed by atoms with Crippen molar-refractivity contribution in [2.45, 2.75) is 26.4 Å². The van der Waals surface area contributed by atoms with Gasteiger partial charge in [0.1, 0.15) is 0 Å². The van der Waals surface area contributed by atoms with Crippen LogP contribution in [0.2, 0.25) is 0 Å². The minimum atomic E-state index is -0.274. The zero-order valence-electron chi connectivity index (χ0n) is 13.2. The predicted octanol–water partition coefficient (Wildman–Crippen LogP) is 4.90. The minimum absolute atomic E-state index is 0. The Hall–Kier alpha value is -1.36. The van der Waals surface area contributed by atoms with Crippen LogP contribution >= 0.6 is 28.3 Å². The van der Waals surface area contributed by atoms with Gasteiger partial charge in [-0.1, -0.05) is 40.2 Å². The molecule has 5 heteroatoms. The van der Waals surface area contributed by atoms with Crippen LogP contribution in [0, 0.1) is 0 Å². The van der Waals surface area contributed by atoms with Crippen molar-refractivity contribution in [1.29, 1.82) is 0 Å². The largest absolute Gasteiger partial charge is 0.462 e. The average Bonchev–Trinajstić information content (AvgIpc) is 2.53. The maximum atomic E-state index is 11.7. The molecule has 0 aromatic heterocycles. The number of halogens is 2. The number of ether oxygens (including phenoxy) is 1. The van der Waals surface area contributed by atoms with Gasteiger partial charge in [-0.3, -0.25) is 0 Å². The Labute approximate surface area is 152 Å². The van der Waals surface area contributed by atoms with Gasteiger partial charge < -0.3 is 10.1 Å². The molecular weight excluding hydrogens is 378 g/mol. The van der Waals surface area contributed by atoms with E-state index in [1.807, 2.05) is 37.3 Å². The summed E-state index contributed by atoms with van der Waals surface area (Å²) in [6.45, 7) is 5.02. The van der Waals surface area contributed by atoms with E-state index < -0.39 is 0 Å². The first kappa shape index (κ1) is 19.7. The highest BCUT2D eigenvalue weighted by Crippen LogP contribution is 2.18. The van der Waals surface area contributed by atoms with Crippen LogP contribution in [0.15, 0.2) is 53.0 Å². The molecule has 0 aliphatic carbocycles. The third-order valence-corrected chi connectivity index (χ3v) is 3.89. The smallest absolute Gasteiger partial charge is 0.338 e. The van der Waals surface area contributed by atoms with Crippen LogP contribution in [0.25, 0.3) is 0 Å². The third-order valence-electron chi connectivity index (χ3n) is 3.40. The van der Waals surface area contributed by atoms with Crippen LogP contribution in [-0.2, 0) is 11.3 Å². The first-order valence-electron chi connectivity index (χ1n) is 7.35. The first-order valence-corrected chi connectivity index (χ1v) is 8.14. The van der Waals surface area contributed by atoms with Gasteiger partial charge in [-0.25, -0.2) is 4.79 Å². The molecule has 0 unspecified atom stereocenters. The second-order valence-corrected chi connectivity index (χ2v) is 5.99. The van der Waals surface area contributed by atoms with Crippen molar-refractivity contribution in [3.05, 3.63) is 69.7 Å². The minimum Gasteiger partial charge on any atom is -0.462 e. The number of rotatable bonds is 6. The Balaban J connectivity index is 0.00000264. The summed E-state index contributed by atoms with van der Waals surface area (Å²) in [5.41, 5.74) is 2.87. The van der Waals surface area contributed by atoms with Crippen molar-refractivity contribution in [3.63, 3.8) is 0 Å². The van der Waals surface area contributed by atoms with E-state index in [4.69, 9.17) is 4.74 Å². The van der Waals surface area contributed by atoms with Crippen molar-refractivity contribution in [1.82, 2.24) is 5.32 Å². The molecule has 0 aliphatic heterocycles. The summed E-state index contributed by atoms with van der Waals surface area (Å²) < 4.78 is 6.10. The number of esters is 1. The Kier molecular flexibility index (Phi) is 8.31. The molecule has 1 N–H and O–H groups in total. The Morgan fingerprint density at radius 1 is 1.22 bits per heavy atom. The topological polar surface area (TPSA) is 38.3 Å². The van der Waals surface area contributed by atoms with E-state index in [1.54, 1.807) is 6.07 Å². The maximum Gasteiger partial charge on any atom is 0.338 e. The fourth-order valence-corrected chi connectivity index (χ4v) is 2.60. The molecule has 3 nitrogen and oxygen atoms in total. The molecule has 0 saturated heterocycles. The lowest BCUT2D eigenvalue weighted by Gasteiger charge is -2.15. The van der Waals surface area contributed by atoms with E-state index in [-0.39, 0.29) is 24.4 Å². The van der Waals surface area contributed by atoms with E-state index in [9.17, 15) is 4.79 Å². The standard InChI is InChI=1S/C18H20BrNO2.ClH/c1-3-22-18(21)16-8-4-6-14(10-16)12-20-13(2)15-7-5-9-17(19)11-15;/h4-11,13,20H,3,12H2,1-2H3;1H/t13-;/m0./s1. The average molecular weight is 399 g/mol. The number of hydrogen-bond donors (Lipinski definition) is 1. The monoisotopic (exact) mass is 397 g/mol. The molecule has 1 atom stereocenters. The van der Waals surface area contributed by atoms with Crippen molar-refractivity contribution >= 4 is 34.3 Å². The lowest BCUT2D eigenvalue weighted by atomic mass is 10.1. The molecule has 0 aliphatic rings. The summed E-state index contributed by atoms with van der Waals surface area (Å²) >= 11 is 3.49. The number of carbonyl (C=O) groups is 1. The molecular formula is C18H21BrClNO2. The van der Waals surface area contributed by atoms with Gasteiger partial charge in [-0.05, 0) is 49.2 Å². The molecule has 0 saturated carbocycles. The molecule has 23 heavy (non-hydrogen) atoms. The van der Waals surface area contributed by atoms with Gasteiger partial charge in [0.15, 0.2) is 0 Å². The summed E-state index contributed by atoms with van der Waals surface area (Å²) in [7, 11) is 0. The second kappa shape index (κ2) is 9.71. The molecule has 0 heterocycles. The van der Waals surface area contributed by atoms with Crippen molar-refractivity contribution in [2.24, 2.45) is 0 Å². The van der Waals surface area contributed by atoms with Gasteiger partial charge in [0.05, 0.1) is 12.2 Å². The van der Waals surface area contributed by atoms with Crippen LogP contribution in [-0.4, -0.2) is 12.6 Å². The van der Waals surface area contributed by atoms with Gasteiger partial charge in [0.2, 0.25) is 0 Å². The zero-order chi connectivity index (χ0) is 15.9. The number of hydrogen-bond acceptors (Lipinski definition) is 3. The van der Waals surface area contributed by atoms with Crippen LogP contribution in [0.3, 0.4) is 0 Å². The molecule has 0 fully saturated rings. The predicted molar refractivity (Wildman–Crippen MR) is 99.0 cm³/mol. The van der Waals surface area contributed by atoms with Gasteiger partial charge in [0.25, 0.3) is 0 Å². The summed E-state index contributed by atoms with van der Waals surface area (Å²) in [5, 5.41) is 3.47. The van der Waals surface area contributed by atoms with Gasteiger partial charge >= 0.3 is 5.97 Å². The van der Waals surface area contributed by atoms with Gasteiger partial charge in [-0.15, -0.1) is 12.4 Å². The molecule has 2 rings (SSSR count). The van der Waals surface area contributed by atoms with Crippen molar-refractivity contribution in [3.8, 4) is 0 Å². The van der Waals surface area contributed by atoms with Crippen molar-refractivity contribution < 1.29 is 9.53 Å². The van der Waals surface area contributed by atoms with Crippen LogP contribution < -0.4 is 5.32 Å². The lowest BCUT2D eigenvalue weighted by Crippen LogP contribution is -2.18. The quantitative estimate of drug-likeness (QED) is 0.703. The summed E-state index contributed by atoms with van der Waals surface area (Å²) in [6, 6.07) is 16.0. The lowest BCUT2D eigenvalue weighted by molar-refractivity contribution is 0.0526. The molecule has 0 radical (unpaired) electrons. The van der Waals surface area contributed by atoms with E-state index in [1.165, 1.54) is 5.56 Å². The van der Waals surface area contributed by atoms with Crippen LogP contribution in [0.5, 0.6) is 0 Å². The first-order chi connectivity index (χ1) is 10.6. The zero-order valence-corrected chi connectivity index (χ0v) is 15.6. The van der Waals surface area contributed by atoms with Crippen molar-refractivity contribution in [2.75, 3.05) is 6.61 Å².